The summed E-state index contributed by atoms with van der Waals surface area (Å²) in [5.41, 5.74) is -3.12. The van der Waals surface area contributed by atoms with Crippen molar-refractivity contribution in [2.75, 3.05) is 0 Å². The first-order chi connectivity index (χ1) is 5.97. The Morgan fingerprint density at radius 2 is 1.69 bits per heavy atom. The fourth-order valence-corrected chi connectivity index (χ4v) is 1.66. The molecule has 13 heavy (non-hydrogen) atoms. The van der Waals surface area contributed by atoms with Crippen molar-refractivity contribution in [3.05, 3.63) is 35.8 Å². The van der Waals surface area contributed by atoms with E-state index in [-0.39, 0.29) is 6.42 Å². The molecule has 4 N–H and O–H groups in total. The van der Waals surface area contributed by atoms with Gasteiger partial charge in [0.1, 0.15) is 11.2 Å². The van der Waals surface area contributed by atoms with Crippen molar-refractivity contribution >= 4 is 0 Å². The molecule has 4 nitrogen and oxygen atoms in total. The van der Waals surface area contributed by atoms with Crippen LogP contribution in [0.1, 0.15) is 6.42 Å². The van der Waals surface area contributed by atoms with Crippen LogP contribution in [0.2, 0.25) is 0 Å². The van der Waals surface area contributed by atoms with Gasteiger partial charge in [0.25, 0.3) is 0 Å². The van der Waals surface area contributed by atoms with Crippen LogP contribution in [0.25, 0.3) is 0 Å². The summed E-state index contributed by atoms with van der Waals surface area (Å²) in [6.45, 7) is 0. The molecule has 2 rings (SSSR count). The lowest BCUT2D eigenvalue weighted by Gasteiger charge is -2.35. The monoisotopic (exact) mass is 182 g/mol. The van der Waals surface area contributed by atoms with Crippen molar-refractivity contribution < 1.29 is 20.4 Å². The van der Waals surface area contributed by atoms with Crippen LogP contribution in [0.3, 0.4) is 0 Å². The van der Waals surface area contributed by atoms with E-state index in [1.807, 2.05) is 0 Å². The molecule has 0 spiro atoms. The highest BCUT2D eigenvalue weighted by Crippen LogP contribution is 2.40. The summed E-state index contributed by atoms with van der Waals surface area (Å²) in [5.74, 6) is -0.824. The van der Waals surface area contributed by atoms with Gasteiger partial charge in [0, 0.05) is 6.42 Å². The van der Waals surface area contributed by atoms with E-state index >= 15 is 0 Å². The minimum Gasteiger partial charge on any atom is -0.504 e. The van der Waals surface area contributed by atoms with E-state index in [2.05, 4.69) is 0 Å². The van der Waals surface area contributed by atoms with Crippen LogP contribution in [-0.2, 0) is 0 Å². The molecule has 2 unspecified atom stereocenters. The molecule has 0 aliphatic heterocycles. The molecule has 0 heterocycles. The maximum atomic E-state index is 9.85. The van der Waals surface area contributed by atoms with Crippen molar-refractivity contribution in [2.45, 2.75) is 17.6 Å². The van der Waals surface area contributed by atoms with E-state index in [0.717, 1.165) is 12.2 Å². The van der Waals surface area contributed by atoms with Gasteiger partial charge in [-0.25, -0.2) is 0 Å². The molecule has 0 aromatic heterocycles. The number of fused-ring (bicyclic) bond motifs is 1. The molecule has 0 saturated carbocycles. The molecular weight excluding hydrogens is 172 g/mol. The van der Waals surface area contributed by atoms with Crippen LogP contribution >= 0.6 is 0 Å². The second-order valence-electron chi connectivity index (χ2n) is 3.42. The minimum absolute atomic E-state index is 0.220. The molecule has 0 bridgehead atoms. The van der Waals surface area contributed by atoms with Crippen molar-refractivity contribution in [1.82, 2.24) is 0 Å². The van der Waals surface area contributed by atoms with Crippen LogP contribution in [0.15, 0.2) is 35.8 Å². The predicted molar refractivity (Wildman–Crippen MR) is 45.1 cm³/mol. The first-order valence-corrected chi connectivity index (χ1v) is 3.93. The van der Waals surface area contributed by atoms with E-state index in [4.69, 9.17) is 10.2 Å². The second kappa shape index (κ2) is 2.16. The van der Waals surface area contributed by atoms with Gasteiger partial charge < -0.3 is 20.4 Å². The quantitative estimate of drug-likeness (QED) is 0.406. The molecule has 0 saturated heterocycles. The summed E-state index contributed by atoms with van der Waals surface area (Å²) in [4.78, 5) is 0. The van der Waals surface area contributed by atoms with E-state index in [9.17, 15) is 10.2 Å². The Balaban J connectivity index is 2.53. The van der Waals surface area contributed by atoms with Crippen molar-refractivity contribution in [3.63, 3.8) is 0 Å². The summed E-state index contributed by atoms with van der Waals surface area (Å²) >= 11 is 0. The summed E-state index contributed by atoms with van der Waals surface area (Å²) in [6, 6.07) is 0. The Labute approximate surface area is 74.8 Å². The van der Waals surface area contributed by atoms with Crippen molar-refractivity contribution in [1.29, 1.82) is 0 Å². The lowest BCUT2D eigenvalue weighted by atomic mass is 9.81. The van der Waals surface area contributed by atoms with Gasteiger partial charge in [0.15, 0.2) is 11.5 Å². The summed E-state index contributed by atoms with van der Waals surface area (Å²) < 4.78 is 0. The van der Waals surface area contributed by atoms with Crippen LogP contribution in [0, 0.1) is 0 Å². The molecule has 0 radical (unpaired) electrons. The van der Waals surface area contributed by atoms with E-state index < -0.39 is 22.7 Å². The van der Waals surface area contributed by atoms with Gasteiger partial charge >= 0.3 is 0 Å². The number of rotatable bonds is 0. The fraction of sp³-hybridized carbons (Fsp3) is 0.333. The van der Waals surface area contributed by atoms with Crippen LogP contribution in [-0.4, -0.2) is 31.6 Å². The number of aliphatic hydroxyl groups is 4. The third kappa shape index (κ3) is 0.928. The SMILES string of the molecule is OC1=CC2(O)C=CCC2(O)C=C1O. The molecule has 70 valence electrons. The van der Waals surface area contributed by atoms with Gasteiger partial charge in [-0.1, -0.05) is 6.08 Å². The fourth-order valence-electron chi connectivity index (χ4n) is 1.66. The van der Waals surface area contributed by atoms with Gasteiger partial charge in [-0.15, -0.1) is 0 Å². The van der Waals surface area contributed by atoms with Gasteiger partial charge in [-0.2, -0.15) is 0 Å². The van der Waals surface area contributed by atoms with E-state index in [0.29, 0.717) is 0 Å². The highest BCUT2D eigenvalue weighted by atomic mass is 16.4. The number of hydrogen-bond acceptors (Lipinski definition) is 4. The Morgan fingerprint density at radius 3 is 2.38 bits per heavy atom. The van der Waals surface area contributed by atoms with Crippen molar-refractivity contribution in [3.8, 4) is 0 Å². The highest BCUT2D eigenvalue weighted by Gasteiger charge is 2.50. The maximum Gasteiger partial charge on any atom is 0.156 e. The molecule has 4 heteroatoms. The summed E-state index contributed by atoms with van der Waals surface area (Å²) in [5, 5.41) is 38.0. The smallest absolute Gasteiger partial charge is 0.156 e. The third-order valence-electron chi connectivity index (χ3n) is 2.49. The molecule has 2 atom stereocenters. The number of aliphatic hydroxyl groups excluding tert-OH is 2. The van der Waals surface area contributed by atoms with Gasteiger partial charge in [0.2, 0.25) is 0 Å². The Bertz CT molecular complexity index is 342. The largest absolute Gasteiger partial charge is 0.504 e. The topological polar surface area (TPSA) is 80.9 Å². The normalized spacial score (nSPS) is 42.6. The van der Waals surface area contributed by atoms with Gasteiger partial charge in [-0.05, 0) is 18.2 Å². The Hall–Kier alpha value is -1.26. The molecule has 2 aliphatic carbocycles. The first-order valence-electron chi connectivity index (χ1n) is 3.93. The molecule has 0 fully saturated rings. The second-order valence-corrected chi connectivity index (χ2v) is 3.42. The zero-order valence-electron chi connectivity index (χ0n) is 6.81. The lowest BCUT2D eigenvalue weighted by molar-refractivity contribution is -0.0569. The maximum absolute atomic E-state index is 9.85. The summed E-state index contributed by atoms with van der Waals surface area (Å²) in [7, 11) is 0. The zero-order chi connectivity index (χ0) is 9.69. The molecule has 0 aromatic carbocycles. The van der Waals surface area contributed by atoms with E-state index in [1.54, 1.807) is 6.08 Å². The molecule has 0 amide bonds. The molecular formula is C9H10O4. The Morgan fingerprint density at radius 1 is 1.08 bits per heavy atom. The first kappa shape index (κ1) is 8.34. The Kier molecular flexibility index (Phi) is 1.38. The van der Waals surface area contributed by atoms with Gasteiger partial charge in [0.05, 0.1) is 0 Å². The average Bonchev–Trinajstić information content (AvgIpc) is 2.27. The lowest BCUT2D eigenvalue weighted by Crippen LogP contribution is -2.49. The van der Waals surface area contributed by atoms with Gasteiger partial charge in [-0.3, -0.25) is 0 Å². The predicted octanol–water partition coefficient (Wildman–Crippen LogP) is 0.306. The van der Waals surface area contributed by atoms with Crippen LogP contribution < -0.4 is 0 Å². The molecule has 2 aliphatic rings. The molecule has 0 aromatic rings. The standard InChI is InChI=1S/C9H10O4/c10-6-4-8(12)2-1-3-9(8,13)5-7(6)11/h1-2,4-5,10-13H,3H2. The summed E-state index contributed by atoms with van der Waals surface area (Å²) in [6.07, 6.45) is 5.30. The van der Waals surface area contributed by atoms with E-state index in [1.165, 1.54) is 6.08 Å². The van der Waals surface area contributed by atoms with Crippen LogP contribution in [0.4, 0.5) is 0 Å². The third-order valence-corrected chi connectivity index (χ3v) is 2.49. The van der Waals surface area contributed by atoms with Crippen LogP contribution in [0.5, 0.6) is 0 Å². The zero-order valence-corrected chi connectivity index (χ0v) is 6.81. The van der Waals surface area contributed by atoms with Crippen molar-refractivity contribution in [2.24, 2.45) is 0 Å². The average molecular weight is 182 g/mol. The minimum atomic E-state index is -1.59. The number of hydrogen-bond donors (Lipinski definition) is 4. The highest BCUT2D eigenvalue weighted by molar-refractivity contribution is 5.43.